The summed E-state index contributed by atoms with van der Waals surface area (Å²) in [6, 6.07) is -18.3. The lowest BCUT2D eigenvalue weighted by Crippen LogP contribution is -2.62. The maximum Gasteiger partial charge on any atom is 0.305 e. The Bertz CT molecular complexity index is 4320. The van der Waals surface area contributed by atoms with E-state index in [0.717, 1.165) is 65.5 Å². The van der Waals surface area contributed by atoms with Gasteiger partial charge in [-0.3, -0.25) is 103 Å². The first-order valence-corrected chi connectivity index (χ1v) is 49.0. The SMILES string of the molecule is CC(=O)N[C@@H](CCCNC(=N)N)C(=O)N[C@@H](CCCNC(=N)N)C(=O)N[C@H]1CSSC[C@@H](C(=O)N[C@@H](CCCNC(=N)N)C(=O)N[C@@H](CCCNC(=N)N)C(N)=O)NC(=O)[C@H](C(C)C)NC(=O)[C@@H]2CCCN2C(=O)[C@H](CC(=O)O)NC(=O)[C@H](Cc2ccc(O)cc2)NC(=O)[C@H](CO)NC(=O)[C@H](CC2CCCC2)NC(=O)[C@H](CC2CCCCC2)NC(=O)[C@H](CC(C)C)NC(=O)[C@@H]2CCCN2C1=O. The number of aliphatic carboxylic acids is 1. The maximum absolute atomic E-state index is 15.9. The van der Waals surface area contributed by atoms with Gasteiger partial charge < -0.3 is 144 Å². The molecule has 15 atom stereocenters. The number of carboxylic acids is 1. The monoisotopic (exact) mass is 1950 g/mol. The van der Waals surface area contributed by atoms with Crippen LogP contribution < -0.4 is 119 Å². The average Bonchev–Trinajstić information content (AvgIpc) is 1.64. The summed E-state index contributed by atoms with van der Waals surface area (Å²) in [5.41, 5.74) is 28.2. The third-order valence-electron chi connectivity index (χ3n) is 24.0. The molecule has 0 aromatic heterocycles. The highest BCUT2D eigenvalue weighted by molar-refractivity contribution is 8.76. The summed E-state index contributed by atoms with van der Waals surface area (Å²) < 4.78 is 0. The number of phenols is 1. The lowest BCUT2D eigenvalue weighted by Gasteiger charge is -2.32. The third-order valence-corrected chi connectivity index (χ3v) is 26.5. The second-order valence-electron chi connectivity index (χ2n) is 35.8. The van der Waals surface area contributed by atoms with Crippen molar-refractivity contribution in [1.82, 2.24) is 100 Å². The van der Waals surface area contributed by atoms with E-state index in [4.69, 9.17) is 50.3 Å². The summed E-state index contributed by atoms with van der Waals surface area (Å²) in [6.45, 7) is 6.41. The normalized spacial score (nSPS) is 23.6. The fraction of sp³-hybridized carbons (Fsp3) is 0.686. The van der Waals surface area contributed by atoms with Gasteiger partial charge in [-0.1, -0.05) is 119 Å². The van der Waals surface area contributed by atoms with E-state index < -0.39 is 240 Å². The zero-order valence-corrected chi connectivity index (χ0v) is 79.5. The number of nitrogens with two attached hydrogens (primary N) is 5. The Morgan fingerprint density at radius 3 is 1.35 bits per heavy atom. The number of carbonyl (C=O) groups is 17. The zero-order chi connectivity index (χ0) is 100. The molecule has 50 heteroatoms. The number of hydrogen-bond acceptors (Lipinski definition) is 25. The van der Waals surface area contributed by atoms with Crippen LogP contribution in [-0.2, 0) is 87.9 Å². The van der Waals surface area contributed by atoms with E-state index in [1.54, 1.807) is 13.8 Å². The number of guanidine groups is 4. The van der Waals surface area contributed by atoms with Gasteiger partial charge in [0.05, 0.1) is 13.0 Å². The van der Waals surface area contributed by atoms with Gasteiger partial charge in [-0.15, -0.1) is 0 Å². The number of rotatable bonds is 38. The van der Waals surface area contributed by atoms with Crippen LogP contribution in [0.5, 0.6) is 5.75 Å². The smallest absolute Gasteiger partial charge is 0.305 e. The molecule has 1 aromatic rings. The minimum absolute atomic E-state index is 0.00801. The highest BCUT2D eigenvalue weighted by Gasteiger charge is 2.45. The predicted octanol–water partition coefficient (Wildman–Crippen LogP) is -5.11. The molecule has 758 valence electrons. The van der Waals surface area contributed by atoms with Crippen LogP contribution in [0.15, 0.2) is 24.3 Å². The van der Waals surface area contributed by atoms with E-state index in [1.165, 1.54) is 43.0 Å². The van der Waals surface area contributed by atoms with Crippen molar-refractivity contribution in [2.24, 2.45) is 52.3 Å². The standard InChI is InChI=1S/C86H142N28O20S2/c1-45(2)37-56-72(124)104-57(38-48-17-7-6-8-18-48)73(125)105-58(39-49-19-9-10-20-49)75(127)109-61(42-115)76(128)106-59(40-50-27-29-51(117)30-28-50)74(126)108-60(41-66(118)119)81(133)113-35-16-26-65(113)79(131)112-67(46(3)4)80(132)110-62(77(129)103-54(23-13-33-98-85(92)93)70(122)101-52(68(87)120)21-11-31-96-83(88)89)43-135-136-44-63(82(134)114-36-15-25-64(114)78(130)107-56)111-71(123)55(24-14-34-99-86(94)95)102-69(121)53(100-47(5)116)22-12-32-97-84(90)91/h27-30,45-46,48-49,52-65,67,115,117H,6-26,31-44H2,1-5H3,(H2,87,120)(H,100,116)(H,101,122)(H,102,121)(H,103,129)(H,104,124)(H,105,125)(H,106,128)(H,107,130)(H,108,126)(H,109,127)(H,110,132)(H,111,123)(H,112,131)(H,118,119)(H4,88,89,96)(H4,90,91,97)(H4,92,93,98)(H4,94,95,99)/t52-,53-,54-,55-,56-,57-,58-,59-,60-,61-,62-,63-,64-,65-,67-/m0/s1. The molecule has 48 nitrogen and oxygen atoms in total. The van der Waals surface area contributed by atoms with Gasteiger partial charge in [-0.2, -0.15) is 0 Å². The number of amides is 16. The van der Waals surface area contributed by atoms with Crippen molar-refractivity contribution >= 4 is 146 Å². The van der Waals surface area contributed by atoms with E-state index >= 15 is 38.4 Å². The highest BCUT2D eigenvalue weighted by atomic mass is 33.1. The lowest BCUT2D eigenvalue weighted by molar-refractivity contribution is -0.146. The Hall–Kier alpha value is -12.3. The highest BCUT2D eigenvalue weighted by Crippen LogP contribution is 2.32. The first-order valence-electron chi connectivity index (χ1n) is 46.5. The van der Waals surface area contributed by atoms with Gasteiger partial charge >= 0.3 is 5.97 Å². The molecular formula is C86H142N28O20S2. The number of hydrogen-bond donors (Lipinski definition) is 29. The van der Waals surface area contributed by atoms with Crippen molar-refractivity contribution in [2.45, 2.75) is 292 Å². The zero-order valence-electron chi connectivity index (χ0n) is 77.9. The quantitative estimate of drug-likeness (QED) is 0.0127. The molecule has 2 aliphatic carbocycles. The van der Waals surface area contributed by atoms with Crippen molar-refractivity contribution in [1.29, 1.82) is 21.6 Å². The Balaban J connectivity index is 1.53. The van der Waals surface area contributed by atoms with Gasteiger partial charge in [0.2, 0.25) is 94.5 Å². The molecule has 136 heavy (non-hydrogen) atoms. The average molecular weight is 1950 g/mol. The van der Waals surface area contributed by atoms with E-state index in [-0.39, 0.29) is 171 Å². The Morgan fingerprint density at radius 2 is 0.875 bits per heavy atom. The van der Waals surface area contributed by atoms with Crippen LogP contribution in [0.25, 0.3) is 0 Å². The summed E-state index contributed by atoms with van der Waals surface area (Å²) in [5.74, 6) is -21.3. The van der Waals surface area contributed by atoms with Crippen molar-refractivity contribution in [3.63, 3.8) is 0 Å². The van der Waals surface area contributed by atoms with E-state index in [1.807, 2.05) is 0 Å². The Kier molecular flexibility index (Phi) is 47.6. The van der Waals surface area contributed by atoms with Crippen molar-refractivity contribution in [3.8, 4) is 5.75 Å². The first kappa shape index (κ1) is 112. The summed E-state index contributed by atoms with van der Waals surface area (Å²) in [7, 11) is 1.65. The van der Waals surface area contributed by atoms with Gasteiger partial charge in [0.1, 0.15) is 96.4 Å². The number of carboxylic acid groups (broad SMARTS) is 1. The van der Waals surface area contributed by atoms with Gasteiger partial charge in [0.15, 0.2) is 23.8 Å². The Morgan fingerprint density at radius 1 is 0.463 bits per heavy atom. The second kappa shape index (κ2) is 57.6. The number of nitrogens with one attached hydrogen (secondary N) is 21. The number of benzene rings is 1. The van der Waals surface area contributed by atoms with Crippen molar-refractivity contribution in [2.75, 3.05) is 57.4 Å². The number of phenolic OH excluding ortho intramolecular Hbond substituents is 1. The molecular weight excluding hydrogens is 1810 g/mol. The number of aromatic hydroxyl groups is 1. The molecule has 5 aliphatic rings. The molecule has 6 rings (SSSR count). The van der Waals surface area contributed by atoms with E-state index in [0.29, 0.717) is 31.2 Å². The molecule has 0 radical (unpaired) electrons. The van der Waals surface area contributed by atoms with Gasteiger partial charge in [-0.05, 0) is 138 Å². The number of carbonyl (C=O) groups excluding carboxylic acids is 16. The molecule has 34 N–H and O–H groups in total. The summed E-state index contributed by atoms with van der Waals surface area (Å²) in [6.07, 6.45) is 5.11. The largest absolute Gasteiger partial charge is 0.508 e. The first-order chi connectivity index (χ1) is 64.5. The molecule has 16 amide bonds. The molecule has 2 saturated carbocycles. The van der Waals surface area contributed by atoms with Crippen LogP contribution in [0.4, 0.5) is 0 Å². The number of aliphatic hydroxyl groups is 1. The summed E-state index contributed by atoms with van der Waals surface area (Å²) in [4.78, 5) is 252. The van der Waals surface area contributed by atoms with Crippen LogP contribution in [0.2, 0.25) is 0 Å². The molecule has 1 aromatic carbocycles. The summed E-state index contributed by atoms with van der Waals surface area (Å²) >= 11 is 0. The van der Waals surface area contributed by atoms with Crippen LogP contribution in [0.1, 0.15) is 201 Å². The van der Waals surface area contributed by atoms with Crippen LogP contribution >= 0.6 is 21.6 Å². The molecule has 0 spiro atoms. The number of aliphatic hydroxyl groups excluding tert-OH is 1. The molecule has 3 aliphatic heterocycles. The fourth-order valence-corrected chi connectivity index (χ4v) is 19.3. The molecule has 3 saturated heterocycles. The molecule has 0 bridgehead atoms. The molecule has 0 unspecified atom stereocenters. The molecule has 5 fully saturated rings. The molecule has 3 heterocycles. The van der Waals surface area contributed by atoms with Gasteiger partial charge in [-0.25, -0.2) is 0 Å². The van der Waals surface area contributed by atoms with E-state index in [9.17, 15) is 58.5 Å². The fourth-order valence-electron chi connectivity index (χ4n) is 17.0. The minimum Gasteiger partial charge on any atom is -0.508 e. The maximum atomic E-state index is 15.9. The van der Waals surface area contributed by atoms with Crippen molar-refractivity contribution < 1.29 is 96.8 Å². The topological polar surface area (TPSA) is 787 Å². The van der Waals surface area contributed by atoms with Crippen LogP contribution in [0, 0.1) is 45.3 Å². The van der Waals surface area contributed by atoms with Gasteiger partial charge in [0, 0.05) is 64.1 Å². The third kappa shape index (κ3) is 38.9. The van der Waals surface area contributed by atoms with E-state index in [2.05, 4.69) is 90.4 Å². The summed E-state index contributed by atoms with van der Waals surface area (Å²) in [5, 5.41) is 107. The van der Waals surface area contributed by atoms with Crippen LogP contribution in [0.3, 0.4) is 0 Å². The predicted molar refractivity (Wildman–Crippen MR) is 504 cm³/mol. The number of fused-ring (bicyclic) bond motifs is 2. The van der Waals surface area contributed by atoms with Crippen molar-refractivity contribution in [3.05, 3.63) is 29.8 Å². The number of nitrogens with zero attached hydrogens (tertiary/aromatic N) is 2. The van der Waals surface area contributed by atoms with Gasteiger partial charge in [0.25, 0.3) is 0 Å². The number of primary amides is 1. The Labute approximate surface area is 798 Å². The van der Waals surface area contributed by atoms with Crippen LogP contribution in [-0.4, -0.2) is 297 Å². The second-order valence-corrected chi connectivity index (χ2v) is 38.4. The lowest BCUT2D eigenvalue weighted by atomic mass is 9.84. The minimum atomic E-state index is -2.00.